The fraction of sp³-hybridized carbons (Fsp3) is 0.240. The number of methoxy groups -OCH3 is 2. The molecule has 1 aromatic heterocycles. The van der Waals surface area contributed by atoms with Crippen LogP contribution < -0.4 is 0 Å². The van der Waals surface area contributed by atoms with Crippen LogP contribution in [-0.2, 0) is 34.3 Å². The Balaban J connectivity index is 1.89. The van der Waals surface area contributed by atoms with E-state index in [0.717, 1.165) is 4.90 Å². The van der Waals surface area contributed by atoms with Crippen LogP contribution >= 0.6 is 35.0 Å². The van der Waals surface area contributed by atoms with Gasteiger partial charge in [-0.2, -0.15) is 0 Å². The molecule has 2 aliphatic heterocycles. The number of thioether (sulfide) groups is 1. The maximum Gasteiger partial charge on any atom is 0.313 e. The minimum atomic E-state index is -1.45. The summed E-state index contributed by atoms with van der Waals surface area (Å²) in [5, 5.41) is 0.244. The van der Waals surface area contributed by atoms with E-state index in [4.69, 9.17) is 37.4 Å². The van der Waals surface area contributed by atoms with Crippen LogP contribution in [0.3, 0.4) is 0 Å². The number of halogens is 2. The van der Waals surface area contributed by atoms with Gasteiger partial charge < -0.3 is 14.2 Å². The average Bonchev–Trinajstić information content (AvgIpc) is 3.31. The summed E-state index contributed by atoms with van der Waals surface area (Å²) in [5.74, 6) is -3.37. The molecule has 4 unspecified atom stereocenters. The maximum atomic E-state index is 13.4. The van der Waals surface area contributed by atoms with E-state index in [1.54, 1.807) is 6.07 Å². The Morgan fingerprint density at radius 3 is 2.15 bits per heavy atom. The van der Waals surface area contributed by atoms with Crippen LogP contribution in [0.1, 0.15) is 16.7 Å². The molecule has 174 valence electrons. The molecule has 2 aliphatic rings. The zero-order valence-corrected chi connectivity index (χ0v) is 20.5. The van der Waals surface area contributed by atoms with Crippen molar-refractivity contribution in [2.75, 3.05) is 14.2 Å². The number of ether oxygens (including phenoxy) is 3. The summed E-state index contributed by atoms with van der Waals surface area (Å²) in [4.78, 5) is 30.5. The standard InChI is InChI=1S/C25H19Cl2NO5S/c1-31-22(29)19-20(23(30)32-2)25(34-15-11-7-4-8-12-15)16-13-17(26)28-21(27)18(16)24(19,33-25)14-9-5-3-6-10-14/h3-13,19-20H,1-2H3. The largest absolute Gasteiger partial charge is 0.469 e. The summed E-state index contributed by atoms with van der Waals surface area (Å²) >= 11 is 14.3. The number of hydrogen-bond donors (Lipinski definition) is 0. The van der Waals surface area contributed by atoms with Crippen LogP contribution in [0.4, 0.5) is 0 Å². The first-order chi connectivity index (χ1) is 16.4. The number of nitrogens with zero attached hydrogens (tertiary/aromatic N) is 1. The third-order valence-electron chi connectivity index (χ3n) is 6.31. The topological polar surface area (TPSA) is 74.7 Å². The van der Waals surface area contributed by atoms with Crippen molar-refractivity contribution in [3.8, 4) is 0 Å². The third kappa shape index (κ3) is 3.18. The van der Waals surface area contributed by atoms with Crippen LogP contribution in [-0.4, -0.2) is 31.1 Å². The molecule has 34 heavy (non-hydrogen) atoms. The van der Waals surface area contributed by atoms with Crippen molar-refractivity contribution in [3.05, 3.63) is 93.7 Å². The van der Waals surface area contributed by atoms with Gasteiger partial charge in [0.15, 0.2) is 4.93 Å². The molecule has 3 heterocycles. The van der Waals surface area contributed by atoms with Gasteiger partial charge in [0.25, 0.3) is 0 Å². The summed E-state index contributed by atoms with van der Waals surface area (Å²) in [6.45, 7) is 0. The predicted octanol–water partition coefficient (Wildman–Crippen LogP) is 5.20. The molecule has 1 fully saturated rings. The SMILES string of the molecule is COC(=O)C1C(C(=O)OC)C2(c3ccccc3)OC1(Sc1ccccc1)c1cc(Cl)nc(Cl)c12. The van der Waals surface area contributed by atoms with Gasteiger partial charge in [-0.15, -0.1) is 0 Å². The predicted molar refractivity (Wildman–Crippen MR) is 128 cm³/mol. The lowest BCUT2D eigenvalue weighted by molar-refractivity contribution is -0.159. The van der Waals surface area contributed by atoms with Crippen LogP contribution in [0, 0.1) is 11.8 Å². The van der Waals surface area contributed by atoms with Crippen molar-refractivity contribution in [1.82, 2.24) is 4.98 Å². The number of fused-ring (bicyclic) bond motifs is 5. The second kappa shape index (κ2) is 8.57. The van der Waals surface area contributed by atoms with Crippen LogP contribution in [0.15, 0.2) is 71.6 Å². The van der Waals surface area contributed by atoms with Crippen molar-refractivity contribution in [2.24, 2.45) is 11.8 Å². The van der Waals surface area contributed by atoms with Crippen molar-refractivity contribution in [1.29, 1.82) is 0 Å². The monoisotopic (exact) mass is 515 g/mol. The normalized spacial score (nSPS) is 26.7. The summed E-state index contributed by atoms with van der Waals surface area (Å²) < 4.78 is 17.3. The number of rotatable bonds is 5. The average molecular weight is 516 g/mol. The molecule has 5 rings (SSSR count). The fourth-order valence-electron chi connectivity index (χ4n) is 5.08. The molecule has 0 spiro atoms. The van der Waals surface area contributed by atoms with Gasteiger partial charge in [0.1, 0.15) is 27.7 Å². The minimum absolute atomic E-state index is 0.0964. The zero-order valence-electron chi connectivity index (χ0n) is 18.2. The van der Waals surface area contributed by atoms with E-state index in [1.807, 2.05) is 60.7 Å². The number of carbonyl (C=O) groups is 2. The van der Waals surface area contributed by atoms with Crippen LogP contribution in [0.25, 0.3) is 0 Å². The van der Waals surface area contributed by atoms with Gasteiger partial charge in [0.05, 0.1) is 14.2 Å². The lowest BCUT2D eigenvalue weighted by atomic mass is 9.66. The van der Waals surface area contributed by atoms with E-state index >= 15 is 0 Å². The summed E-state index contributed by atoms with van der Waals surface area (Å²) in [7, 11) is 2.56. The third-order valence-corrected chi connectivity index (χ3v) is 8.15. The van der Waals surface area contributed by atoms with Crippen molar-refractivity contribution < 1.29 is 23.8 Å². The van der Waals surface area contributed by atoms with Gasteiger partial charge in [-0.05, 0) is 23.8 Å². The summed E-state index contributed by atoms with van der Waals surface area (Å²) in [5.41, 5.74) is 0.257. The number of carbonyl (C=O) groups excluding carboxylic acids is 2. The molecule has 6 nitrogen and oxygen atoms in total. The first kappa shape index (κ1) is 23.2. The molecule has 4 atom stereocenters. The van der Waals surface area contributed by atoms with Gasteiger partial charge in [-0.1, -0.05) is 83.5 Å². The van der Waals surface area contributed by atoms with Crippen LogP contribution in [0.2, 0.25) is 10.3 Å². The Bertz CT molecular complexity index is 1280. The maximum absolute atomic E-state index is 13.4. The van der Waals surface area contributed by atoms with E-state index in [1.165, 1.54) is 26.0 Å². The molecule has 0 saturated carbocycles. The molecule has 0 radical (unpaired) electrons. The molecule has 1 saturated heterocycles. The molecule has 9 heteroatoms. The number of hydrogen-bond acceptors (Lipinski definition) is 7. The Morgan fingerprint density at radius 1 is 0.941 bits per heavy atom. The quantitative estimate of drug-likeness (QED) is 0.341. The van der Waals surface area contributed by atoms with E-state index in [-0.39, 0.29) is 10.3 Å². The van der Waals surface area contributed by atoms with Crippen LogP contribution in [0.5, 0.6) is 0 Å². The highest BCUT2D eigenvalue weighted by Gasteiger charge is 2.76. The van der Waals surface area contributed by atoms with E-state index in [2.05, 4.69) is 4.98 Å². The fourth-order valence-corrected chi connectivity index (χ4v) is 7.10. The van der Waals surface area contributed by atoms with Crippen molar-refractivity contribution in [3.63, 3.8) is 0 Å². The smallest absolute Gasteiger partial charge is 0.313 e. The van der Waals surface area contributed by atoms with Gasteiger partial charge >= 0.3 is 11.9 Å². The molecule has 3 aromatic rings. The first-order valence-electron chi connectivity index (χ1n) is 10.4. The number of aromatic nitrogens is 1. The second-order valence-corrected chi connectivity index (χ2v) is 9.97. The molecular formula is C25H19Cl2NO5S. The Morgan fingerprint density at radius 2 is 1.53 bits per heavy atom. The molecule has 0 aliphatic carbocycles. The van der Waals surface area contributed by atoms with Crippen molar-refractivity contribution in [2.45, 2.75) is 15.4 Å². The lowest BCUT2D eigenvalue weighted by Crippen LogP contribution is -2.47. The molecule has 2 bridgehead atoms. The van der Waals surface area contributed by atoms with E-state index in [9.17, 15) is 9.59 Å². The van der Waals surface area contributed by atoms with Gasteiger partial charge in [0, 0.05) is 16.0 Å². The molecule has 0 amide bonds. The van der Waals surface area contributed by atoms with Gasteiger partial charge in [-0.3, -0.25) is 9.59 Å². The highest BCUT2D eigenvalue weighted by Crippen LogP contribution is 2.72. The number of esters is 2. The molecule has 0 N–H and O–H groups in total. The van der Waals surface area contributed by atoms with Gasteiger partial charge in [-0.25, -0.2) is 4.98 Å². The lowest BCUT2D eigenvalue weighted by Gasteiger charge is -2.37. The van der Waals surface area contributed by atoms with Crippen molar-refractivity contribution >= 4 is 46.9 Å². The first-order valence-corrected chi connectivity index (χ1v) is 12.0. The second-order valence-electron chi connectivity index (χ2n) is 7.95. The number of benzene rings is 2. The zero-order chi connectivity index (χ0) is 24.1. The van der Waals surface area contributed by atoms with E-state index in [0.29, 0.717) is 16.7 Å². The van der Waals surface area contributed by atoms with E-state index < -0.39 is 34.3 Å². The highest BCUT2D eigenvalue weighted by molar-refractivity contribution is 8.00. The molecular weight excluding hydrogens is 497 g/mol. The van der Waals surface area contributed by atoms with Gasteiger partial charge in [0.2, 0.25) is 0 Å². The Labute approximate surface area is 210 Å². The Hall–Kier alpha value is -2.58. The molecule has 2 aromatic carbocycles. The summed E-state index contributed by atoms with van der Waals surface area (Å²) in [6.07, 6.45) is 0. The minimum Gasteiger partial charge on any atom is -0.469 e. The summed E-state index contributed by atoms with van der Waals surface area (Å²) in [6, 6.07) is 20.3. The highest BCUT2D eigenvalue weighted by atomic mass is 35.5. The Kier molecular flexibility index (Phi) is 5.84. The number of pyridine rings is 1.